The van der Waals surface area contributed by atoms with Gasteiger partial charge in [0, 0.05) is 34.0 Å². The SMILES string of the molecule is CCC1=C(C)c2cc3[nH]c(cc4nc(cc5[nH]c(cc1n2)c(C)c5CCC(=O)[O-])C(CCC(=O)[O-])=C4C)c(C)c3CC.[Ag+].[Ag+]. The van der Waals surface area contributed by atoms with Crippen LogP contribution >= 0.6 is 0 Å². The Morgan fingerprint density at radius 3 is 1.59 bits per heavy atom. The van der Waals surface area contributed by atoms with Crippen LogP contribution in [0.1, 0.15) is 98.4 Å². The molecule has 0 aromatic carbocycles. The van der Waals surface area contributed by atoms with Gasteiger partial charge < -0.3 is 29.8 Å². The number of H-pyrrole nitrogens is 2. The third kappa shape index (κ3) is 6.81. The number of rotatable bonds is 8. The van der Waals surface area contributed by atoms with Gasteiger partial charge in [-0.3, -0.25) is 0 Å². The molecule has 0 saturated heterocycles. The zero-order chi connectivity index (χ0) is 30.3. The summed E-state index contributed by atoms with van der Waals surface area (Å²) in [4.78, 5) is 40.0. The zero-order valence-corrected chi connectivity index (χ0v) is 28.6. The van der Waals surface area contributed by atoms with Crippen molar-refractivity contribution < 1.29 is 64.6 Å². The average Bonchev–Trinajstić information content (AvgIpc) is 3.59. The summed E-state index contributed by atoms with van der Waals surface area (Å²) in [5.41, 5.74) is 14.9. The van der Waals surface area contributed by atoms with Gasteiger partial charge in [-0.25, -0.2) is 9.97 Å². The number of nitrogens with one attached hydrogen (secondary N) is 2. The number of hydrogen-bond acceptors (Lipinski definition) is 6. The van der Waals surface area contributed by atoms with Crippen molar-refractivity contribution in [2.45, 2.75) is 80.1 Å². The van der Waals surface area contributed by atoms with Crippen LogP contribution in [0.5, 0.6) is 0 Å². The van der Waals surface area contributed by atoms with E-state index in [4.69, 9.17) is 9.97 Å². The van der Waals surface area contributed by atoms with Crippen LogP contribution in [0.3, 0.4) is 0 Å². The first kappa shape index (κ1) is 35.5. The average molecular weight is 780 g/mol. The maximum Gasteiger partial charge on any atom is 1.00 e. The Morgan fingerprint density at radius 2 is 1.05 bits per heavy atom. The number of fused-ring (bicyclic) bond motifs is 8. The molecule has 44 heavy (non-hydrogen) atoms. The predicted octanol–water partition coefficient (Wildman–Crippen LogP) is 4.97. The first-order valence-corrected chi connectivity index (χ1v) is 14.6. The van der Waals surface area contributed by atoms with E-state index < -0.39 is 11.9 Å². The Bertz CT molecular complexity index is 1860. The molecule has 2 aliphatic rings. The molecule has 3 aromatic heterocycles. The molecule has 10 heteroatoms. The molecule has 0 saturated carbocycles. The van der Waals surface area contributed by atoms with E-state index in [0.717, 1.165) is 91.0 Å². The summed E-state index contributed by atoms with van der Waals surface area (Å²) < 4.78 is 0. The maximum absolute atomic E-state index is 11.4. The van der Waals surface area contributed by atoms with Crippen LogP contribution in [0.15, 0.2) is 24.3 Å². The van der Waals surface area contributed by atoms with Gasteiger partial charge in [-0.2, -0.15) is 0 Å². The number of allylic oxidation sites excluding steroid dienone is 4. The molecule has 8 nitrogen and oxygen atoms in total. The molecular formula is C34H36Ag2N4O4. The van der Waals surface area contributed by atoms with Crippen LogP contribution in [-0.4, -0.2) is 31.9 Å². The van der Waals surface area contributed by atoms with Crippen molar-refractivity contribution in [1.82, 2.24) is 19.9 Å². The minimum absolute atomic E-state index is 0. The molecule has 0 aliphatic carbocycles. The van der Waals surface area contributed by atoms with E-state index in [1.165, 1.54) is 5.56 Å². The fourth-order valence-corrected chi connectivity index (χ4v) is 6.21. The van der Waals surface area contributed by atoms with Crippen LogP contribution in [0.4, 0.5) is 0 Å². The number of nitrogens with zero attached hydrogens (tertiary/aromatic N) is 2. The summed E-state index contributed by atoms with van der Waals surface area (Å²) in [5, 5.41) is 22.8. The number of aryl methyl sites for hydroxylation is 4. The van der Waals surface area contributed by atoms with E-state index in [0.29, 0.717) is 5.69 Å². The topological polar surface area (TPSA) is 138 Å². The van der Waals surface area contributed by atoms with E-state index in [1.807, 2.05) is 32.0 Å². The molecule has 5 rings (SSSR count). The number of carboxylic acid groups (broad SMARTS) is 2. The molecule has 0 fully saturated rings. The second-order valence-electron chi connectivity index (χ2n) is 11.1. The summed E-state index contributed by atoms with van der Waals surface area (Å²) in [6.07, 6.45) is 1.98. The van der Waals surface area contributed by atoms with Crippen molar-refractivity contribution in [3.63, 3.8) is 0 Å². The van der Waals surface area contributed by atoms with Crippen molar-refractivity contribution >= 4 is 56.3 Å². The van der Waals surface area contributed by atoms with Crippen molar-refractivity contribution in [2.24, 2.45) is 0 Å². The Hall–Kier alpha value is -2.98. The number of aliphatic carboxylic acids is 2. The van der Waals surface area contributed by atoms with Crippen molar-refractivity contribution in [3.8, 4) is 0 Å². The van der Waals surface area contributed by atoms with Crippen molar-refractivity contribution in [2.75, 3.05) is 0 Å². The molecule has 238 valence electrons. The summed E-state index contributed by atoms with van der Waals surface area (Å²) in [5.74, 6) is -2.24. The number of carboxylic acids is 2. The number of hydrogen-bond donors (Lipinski definition) is 2. The monoisotopic (exact) mass is 778 g/mol. The van der Waals surface area contributed by atoms with Gasteiger partial charge in [0.2, 0.25) is 0 Å². The summed E-state index contributed by atoms with van der Waals surface area (Å²) in [7, 11) is 0. The molecule has 3 aromatic rings. The predicted molar refractivity (Wildman–Crippen MR) is 163 cm³/mol. The molecule has 0 amide bonds. The van der Waals surface area contributed by atoms with Crippen LogP contribution < -0.4 is 10.2 Å². The Morgan fingerprint density at radius 1 is 0.614 bits per heavy atom. The number of carbonyl (C=O) groups excluding carboxylic acids is 2. The van der Waals surface area contributed by atoms with Crippen LogP contribution in [0.25, 0.3) is 44.4 Å². The van der Waals surface area contributed by atoms with Crippen LogP contribution in [-0.2, 0) is 67.2 Å². The fourth-order valence-electron chi connectivity index (χ4n) is 6.21. The third-order valence-electron chi connectivity index (χ3n) is 8.67. The van der Waals surface area contributed by atoms with Gasteiger partial charge in [0.25, 0.3) is 0 Å². The molecule has 8 bridgehead atoms. The smallest absolute Gasteiger partial charge is 0.550 e. The summed E-state index contributed by atoms with van der Waals surface area (Å²) in [6.45, 7) is 12.4. The molecule has 2 aliphatic heterocycles. The Labute approximate surface area is 288 Å². The van der Waals surface area contributed by atoms with E-state index in [2.05, 4.69) is 43.7 Å². The van der Waals surface area contributed by atoms with Gasteiger partial charge in [-0.05, 0) is 135 Å². The van der Waals surface area contributed by atoms with Gasteiger partial charge >= 0.3 is 44.8 Å². The Kier molecular flexibility index (Phi) is 11.6. The first-order chi connectivity index (χ1) is 20.0. The molecule has 2 N–H and O–H groups in total. The van der Waals surface area contributed by atoms with Gasteiger partial charge in [-0.1, -0.05) is 13.8 Å². The molecule has 0 radical (unpaired) electrons. The number of aromatic nitrogens is 4. The zero-order valence-electron chi connectivity index (χ0n) is 25.7. The van der Waals surface area contributed by atoms with Crippen LogP contribution in [0.2, 0.25) is 0 Å². The van der Waals surface area contributed by atoms with E-state index in [1.54, 1.807) is 0 Å². The number of aromatic amines is 2. The van der Waals surface area contributed by atoms with E-state index >= 15 is 0 Å². The van der Waals surface area contributed by atoms with Crippen molar-refractivity contribution in [3.05, 3.63) is 69.3 Å². The van der Waals surface area contributed by atoms with Gasteiger partial charge in [0.1, 0.15) is 0 Å². The minimum atomic E-state index is -1.12. The molecule has 5 heterocycles. The molecule has 0 atom stereocenters. The van der Waals surface area contributed by atoms with Crippen molar-refractivity contribution in [1.29, 1.82) is 0 Å². The molecule has 0 spiro atoms. The molecule has 0 unspecified atom stereocenters. The van der Waals surface area contributed by atoms with Gasteiger partial charge in [-0.15, -0.1) is 0 Å². The maximum atomic E-state index is 11.4. The van der Waals surface area contributed by atoms with E-state index in [-0.39, 0.29) is 70.4 Å². The fraction of sp³-hybridized carbons (Fsp3) is 0.353. The van der Waals surface area contributed by atoms with Gasteiger partial charge in [0.15, 0.2) is 0 Å². The second-order valence-corrected chi connectivity index (χ2v) is 11.1. The third-order valence-corrected chi connectivity index (χ3v) is 8.67. The largest absolute Gasteiger partial charge is 1.00 e. The van der Waals surface area contributed by atoms with Crippen LogP contribution in [0, 0.1) is 13.8 Å². The molecular weight excluding hydrogens is 744 g/mol. The standard InChI is InChI=1S/C34H38N4O4.2Ag/c1-7-21-17(3)25-13-26-19(5)23(9-11-33(39)40)31(37-26)16-32-24(10-12-34(41)42)20(6)28(38-32)15-30-22(8-2)18(4)27(36-30)14-29(21)35-25;;/h13-16,35,38H,7-12H2,1-6H3,(H,39,40)(H,41,42);;/q;2*+1/p-2. The normalized spacial score (nSPS) is 12.7. The number of carbonyl (C=O) groups is 2. The van der Waals surface area contributed by atoms with E-state index in [9.17, 15) is 19.8 Å². The second kappa shape index (κ2) is 14.4. The quantitative estimate of drug-likeness (QED) is 0.310. The summed E-state index contributed by atoms with van der Waals surface area (Å²) in [6, 6.07) is 8.09. The minimum Gasteiger partial charge on any atom is -0.550 e. The Balaban J connectivity index is 0.00000264. The van der Waals surface area contributed by atoms with Gasteiger partial charge in [0.05, 0.1) is 22.8 Å². The first-order valence-electron chi connectivity index (χ1n) is 14.6. The summed E-state index contributed by atoms with van der Waals surface area (Å²) >= 11 is 0.